The molecule has 0 radical (unpaired) electrons. The smallest absolute Gasteiger partial charge is 0.459 e. The van der Waals surface area contributed by atoms with Crippen molar-refractivity contribution >= 4 is 17.9 Å². The van der Waals surface area contributed by atoms with Crippen LogP contribution in [0.4, 0.5) is 4.79 Å². The molecule has 2 rings (SSSR count). The Hall–Kier alpha value is -2.95. The molecule has 1 N–H and O–H groups in total. The number of nitrogens with one attached hydrogen (secondary N) is 1. The number of Topliss-reactive ketones (excluding diaryl/α,β-unsaturated/α-hetero) is 1. The number of ether oxygens (including phenoxy) is 4. The van der Waals surface area contributed by atoms with E-state index >= 15 is 0 Å². The van der Waals surface area contributed by atoms with Gasteiger partial charge in [-0.3, -0.25) is 19.1 Å². The number of nitrogens with zero attached hydrogens (tertiary/aromatic N) is 1. The second kappa shape index (κ2) is 10.0. The molecule has 160 valence electrons. The largest absolute Gasteiger partial charge is 0.508 e. The lowest BCUT2D eigenvalue weighted by molar-refractivity contribution is -0.150. The molecule has 1 aliphatic rings. The lowest BCUT2D eigenvalue weighted by Gasteiger charge is -2.18. The number of aromatic nitrogens is 2. The van der Waals surface area contributed by atoms with Gasteiger partial charge in [0, 0.05) is 31.5 Å². The van der Waals surface area contributed by atoms with Crippen molar-refractivity contribution in [3.05, 3.63) is 32.6 Å². The maximum Gasteiger partial charge on any atom is 0.508 e. The summed E-state index contributed by atoms with van der Waals surface area (Å²) < 4.78 is 22.0. The number of esters is 1. The third kappa shape index (κ3) is 6.56. The number of H-pyrrole nitrogens is 1. The van der Waals surface area contributed by atoms with Crippen LogP contribution < -0.4 is 11.2 Å². The average Bonchev–Trinajstić information content (AvgIpc) is 3.01. The molecule has 29 heavy (non-hydrogen) atoms. The van der Waals surface area contributed by atoms with Gasteiger partial charge in [0.1, 0.15) is 30.8 Å². The van der Waals surface area contributed by atoms with Crippen molar-refractivity contribution < 1.29 is 33.3 Å². The topological polar surface area (TPSA) is 143 Å². The van der Waals surface area contributed by atoms with E-state index in [-0.39, 0.29) is 25.4 Å². The molecule has 0 saturated carbocycles. The summed E-state index contributed by atoms with van der Waals surface area (Å²) in [5.74, 6) is -0.564. The monoisotopic (exact) mass is 412 g/mol. The second-order valence-corrected chi connectivity index (χ2v) is 6.71. The van der Waals surface area contributed by atoms with Crippen molar-refractivity contribution in [3.8, 4) is 0 Å². The Bertz CT molecular complexity index is 873. The zero-order valence-corrected chi connectivity index (χ0v) is 16.5. The van der Waals surface area contributed by atoms with Gasteiger partial charge in [0.2, 0.25) is 0 Å². The van der Waals surface area contributed by atoms with Crippen LogP contribution in [0.5, 0.6) is 0 Å². The zero-order chi connectivity index (χ0) is 21.6. The Morgan fingerprint density at radius 1 is 1.24 bits per heavy atom. The van der Waals surface area contributed by atoms with Gasteiger partial charge in [-0.2, -0.15) is 0 Å². The van der Waals surface area contributed by atoms with Gasteiger partial charge in [-0.25, -0.2) is 9.59 Å². The van der Waals surface area contributed by atoms with E-state index in [2.05, 4.69) is 4.98 Å². The molecule has 3 atom stereocenters. The minimum absolute atomic E-state index is 0.00989. The van der Waals surface area contributed by atoms with Crippen molar-refractivity contribution in [3.63, 3.8) is 0 Å². The summed E-state index contributed by atoms with van der Waals surface area (Å²) in [4.78, 5) is 59.7. The standard InChI is InChI=1S/C18H24N2O9/c1-10-8-20(17(24)19-16(10)23)15-7-13(28-12(3)22)14(29-15)9-27-18(25)26-6-4-5-11(2)21/h8,13-15H,4-7,9H2,1-3H3,(H,19,23,24)/t13-,14+,15+/m0/s1. The molecule has 2 heterocycles. The van der Waals surface area contributed by atoms with Gasteiger partial charge in [0.25, 0.3) is 5.56 Å². The van der Waals surface area contributed by atoms with Crippen molar-refractivity contribution in [2.45, 2.75) is 58.5 Å². The normalized spacial score (nSPS) is 20.9. The summed E-state index contributed by atoms with van der Waals surface area (Å²) in [6.07, 6.45) is -1.19. The molecule has 1 aromatic heterocycles. The lowest BCUT2D eigenvalue weighted by Crippen LogP contribution is -2.33. The van der Waals surface area contributed by atoms with E-state index in [1.165, 1.54) is 31.5 Å². The predicted octanol–water partition coefficient (Wildman–Crippen LogP) is 0.587. The van der Waals surface area contributed by atoms with E-state index in [1.54, 1.807) is 0 Å². The van der Waals surface area contributed by atoms with Gasteiger partial charge in [0.15, 0.2) is 0 Å². The number of carbonyl (C=O) groups is 3. The predicted molar refractivity (Wildman–Crippen MR) is 97.4 cm³/mol. The van der Waals surface area contributed by atoms with Crippen molar-refractivity contribution in [1.82, 2.24) is 9.55 Å². The molecule has 0 bridgehead atoms. The van der Waals surface area contributed by atoms with E-state index < -0.39 is 41.8 Å². The van der Waals surface area contributed by atoms with Gasteiger partial charge in [0.05, 0.1) is 6.61 Å². The highest BCUT2D eigenvalue weighted by molar-refractivity contribution is 5.75. The van der Waals surface area contributed by atoms with Crippen LogP contribution in [-0.2, 0) is 28.5 Å². The summed E-state index contributed by atoms with van der Waals surface area (Å²) in [7, 11) is 0. The first kappa shape index (κ1) is 22.3. The number of ketones is 1. The minimum Gasteiger partial charge on any atom is -0.459 e. The first-order valence-electron chi connectivity index (χ1n) is 9.11. The van der Waals surface area contributed by atoms with E-state index in [4.69, 9.17) is 18.9 Å². The maximum atomic E-state index is 12.1. The fourth-order valence-corrected chi connectivity index (χ4v) is 2.83. The Morgan fingerprint density at radius 3 is 2.62 bits per heavy atom. The molecule has 11 nitrogen and oxygen atoms in total. The van der Waals surface area contributed by atoms with Gasteiger partial charge >= 0.3 is 17.8 Å². The SMILES string of the molecule is CC(=O)CCCOC(=O)OC[C@H]1O[C@@H](n2cc(C)c(=O)[nH]c2=O)C[C@@H]1OC(C)=O. The summed E-state index contributed by atoms with van der Waals surface area (Å²) in [6.45, 7) is 3.97. The molecule has 0 spiro atoms. The van der Waals surface area contributed by atoms with Gasteiger partial charge in [-0.1, -0.05) is 0 Å². The highest BCUT2D eigenvalue weighted by Crippen LogP contribution is 2.30. The second-order valence-electron chi connectivity index (χ2n) is 6.71. The van der Waals surface area contributed by atoms with E-state index in [1.807, 2.05) is 0 Å². The Kier molecular flexibility index (Phi) is 7.71. The molecule has 0 aliphatic carbocycles. The first-order chi connectivity index (χ1) is 13.7. The molecule has 1 aromatic rings. The molecule has 11 heteroatoms. The molecular formula is C18H24N2O9. The van der Waals surface area contributed by atoms with Crippen LogP contribution >= 0.6 is 0 Å². The van der Waals surface area contributed by atoms with Gasteiger partial charge in [-0.15, -0.1) is 0 Å². The lowest BCUT2D eigenvalue weighted by atomic mass is 10.2. The Labute approximate surface area is 165 Å². The van der Waals surface area contributed by atoms with Crippen molar-refractivity contribution in [2.75, 3.05) is 13.2 Å². The highest BCUT2D eigenvalue weighted by atomic mass is 16.7. The number of aryl methyl sites for hydroxylation is 1. The third-order valence-electron chi connectivity index (χ3n) is 4.21. The molecule has 0 amide bonds. The molecule has 1 aliphatic heterocycles. The van der Waals surface area contributed by atoms with Crippen LogP contribution in [0.1, 0.15) is 44.9 Å². The number of hydrogen-bond donors (Lipinski definition) is 1. The van der Waals surface area contributed by atoms with Crippen molar-refractivity contribution in [1.29, 1.82) is 0 Å². The van der Waals surface area contributed by atoms with Crippen LogP contribution in [0.25, 0.3) is 0 Å². The Balaban J connectivity index is 1.98. The Morgan fingerprint density at radius 2 is 1.97 bits per heavy atom. The summed E-state index contributed by atoms with van der Waals surface area (Å²) >= 11 is 0. The summed E-state index contributed by atoms with van der Waals surface area (Å²) in [5, 5.41) is 0. The molecular weight excluding hydrogens is 388 g/mol. The van der Waals surface area contributed by atoms with E-state index in [0.29, 0.717) is 18.4 Å². The van der Waals surface area contributed by atoms with E-state index in [0.717, 1.165) is 0 Å². The maximum absolute atomic E-state index is 12.1. The zero-order valence-electron chi connectivity index (χ0n) is 16.5. The summed E-state index contributed by atoms with van der Waals surface area (Å²) in [5.41, 5.74) is -0.863. The fraction of sp³-hybridized carbons (Fsp3) is 0.611. The van der Waals surface area contributed by atoms with Gasteiger partial charge < -0.3 is 23.7 Å². The first-order valence-corrected chi connectivity index (χ1v) is 9.11. The van der Waals surface area contributed by atoms with Crippen molar-refractivity contribution in [2.24, 2.45) is 0 Å². The van der Waals surface area contributed by atoms with Crippen LogP contribution in [0.3, 0.4) is 0 Å². The quantitative estimate of drug-likeness (QED) is 0.479. The number of rotatable bonds is 8. The molecule has 0 unspecified atom stereocenters. The van der Waals surface area contributed by atoms with E-state index in [9.17, 15) is 24.0 Å². The minimum atomic E-state index is -0.945. The van der Waals surface area contributed by atoms with Crippen LogP contribution in [0, 0.1) is 6.92 Å². The highest BCUT2D eigenvalue weighted by Gasteiger charge is 2.40. The van der Waals surface area contributed by atoms with Crippen LogP contribution in [-0.4, -0.2) is 52.9 Å². The van der Waals surface area contributed by atoms with Crippen LogP contribution in [0.15, 0.2) is 15.8 Å². The van der Waals surface area contributed by atoms with Gasteiger partial charge in [-0.05, 0) is 20.3 Å². The van der Waals surface area contributed by atoms with Crippen LogP contribution in [0.2, 0.25) is 0 Å². The fourth-order valence-electron chi connectivity index (χ4n) is 2.83. The summed E-state index contributed by atoms with van der Waals surface area (Å²) in [6, 6.07) is 0. The average molecular weight is 412 g/mol. The molecule has 0 aromatic carbocycles. The number of aromatic amines is 1. The molecule has 1 fully saturated rings. The third-order valence-corrected chi connectivity index (χ3v) is 4.21. The number of carbonyl (C=O) groups excluding carboxylic acids is 3. The number of hydrogen-bond acceptors (Lipinski definition) is 9. The molecule has 1 saturated heterocycles.